The van der Waals surface area contributed by atoms with Crippen molar-refractivity contribution in [1.29, 1.82) is 0 Å². The average molecular weight is 399 g/mol. The Morgan fingerprint density at radius 1 is 1.03 bits per heavy atom. The Morgan fingerprint density at radius 3 is 2.48 bits per heavy atom. The van der Waals surface area contributed by atoms with Crippen molar-refractivity contribution in [2.75, 3.05) is 0 Å². The summed E-state index contributed by atoms with van der Waals surface area (Å²) in [5.41, 5.74) is 2.90. The third-order valence-electron chi connectivity index (χ3n) is 10.7. The maximum absolute atomic E-state index is 12.2. The number of hydrogen-bond acceptors (Lipinski definition) is 1. The highest BCUT2D eigenvalue weighted by Crippen LogP contribution is 2.69. The summed E-state index contributed by atoms with van der Waals surface area (Å²) >= 11 is 0. The Hall–Kier alpha value is -0.590. The van der Waals surface area contributed by atoms with Crippen LogP contribution in [0.2, 0.25) is 0 Å². The third-order valence-corrected chi connectivity index (χ3v) is 10.7. The van der Waals surface area contributed by atoms with Crippen LogP contribution in [0.5, 0.6) is 0 Å². The van der Waals surface area contributed by atoms with Crippen molar-refractivity contribution in [3.63, 3.8) is 0 Å². The van der Waals surface area contributed by atoms with Crippen molar-refractivity contribution in [2.24, 2.45) is 52.3 Å². The predicted molar refractivity (Wildman–Crippen MR) is 123 cm³/mol. The summed E-state index contributed by atoms with van der Waals surface area (Å²) in [5.74, 6) is 5.69. The highest BCUT2D eigenvalue weighted by molar-refractivity contribution is 5.80. The van der Waals surface area contributed by atoms with E-state index in [1.165, 1.54) is 51.4 Å². The van der Waals surface area contributed by atoms with Gasteiger partial charge in [0.1, 0.15) is 5.78 Å². The Bertz CT molecular complexity index is 659. The second kappa shape index (κ2) is 7.83. The molecule has 1 heteroatoms. The molecule has 0 spiro atoms. The minimum absolute atomic E-state index is 0.200. The SMILES string of the molecule is CC(C)C(=O)CCC(C)C1CCC2C3CC=C4C(CCC[C@@H]4C)[C@]3(C)CC[C@]12C. The summed E-state index contributed by atoms with van der Waals surface area (Å²) in [7, 11) is 0. The zero-order valence-electron chi connectivity index (χ0n) is 20.1. The van der Waals surface area contributed by atoms with Gasteiger partial charge in [-0.2, -0.15) is 0 Å². The molecular weight excluding hydrogens is 352 g/mol. The number of fused-ring (bicyclic) bond motifs is 5. The van der Waals surface area contributed by atoms with Crippen LogP contribution in [0.4, 0.5) is 0 Å². The van der Waals surface area contributed by atoms with Gasteiger partial charge in [-0.3, -0.25) is 4.79 Å². The Morgan fingerprint density at radius 2 is 1.76 bits per heavy atom. The van der Waals surface area contributed by atoms with Crippen LogP contribution in [-0.2, 0) is 4.79 Å². The summed E-state index contributed by atoms with van der Waals surface area (Å²) in [4.78, 5) is 12.2. The Balaban J connectivity index is 1.52. The van der Waals surface area contributed by atoms with E-state index in [2.05, 4.69) is 47.6 Å². The summed E-state index contributed by atoms with van der Waals surface area (Å²) in [6.07, 6.45) is 16.0. The van der Waals surface area contributed by atoms with E-state index in [0.717, 1.165) is 42.4 Å². The number of allylic oxidation sites excluding steroid dienone is 2. The molecule has 0 bridgehead atoms. The molecule has 5 unspecified atom stereocenters. The van der Waals surface area contributed by atoms with E-state index in [0.29, 0.717) is 22.5 Å². The molecule has 0 N–H and O–H groups in total. The van der Waals surface area contributed by atoms with Crippen LogP contribution in [-0.4, -0.2) is 5.78 Å². The summed E-state index contributed by atoms with van der Waals surface area (Å²) in [5, 5.41) is 0. The van der Waals surface area contributed by atoms with E-state index in [1.807, 2.05) is 5.57 Å². The van der Waals surface area contributed by atoms with Crippen LogP contribution in [0.1, 0.15) is 106 Å². The highest BCUT2D eigenvalue weighted by atomic mass is 16.1. The molecule has 4 rings (SSSR count). The molecule has 4 aliphatic rings. The van der Waals surface area contributed by atoms with E-state index in [4.69, 9.17) is 0 Å². The molecule has 0 saturated heterocycles. The minimum Gasteiger partial charge on any atom is -0.299 e. The second-order valence-electron chi connectivity index (χ2n) is 12.4. The summed E-state index contributed by atoms with van der Waals surface area (Å²) < 4.78 is 0. The first kappa shape index (κ1) is 21.6. The van der Waals surface area contributed by atoms with Crippen molar-refractivity contribution in [3.05, 3.63) is 11.6 Å². The molecule has 1 nitrogen and oxygen atoms in total. The topological polar surface area (TPSA) is 17.1 Å². The first-order valence-electron chi connectivity index (χ1n) is 12.9. The van der Waals surface area contributed by atoms with Crippen LogP contribution in [0.25, 0.3) is 0 Å². The standard InChI is InChI=1S/C28H46O/c1-18(2)26(29)15-10-20(4)22-13-14-25-24-12-11-21-19(3)8-7-9-23(21)28(24,6)17-16-27(22,25)5/h11,18-20,22-25H,7-10,12-17H2,1-6H3/t19-,20?,22?,23?,24?,25?,27+,28-/m0/s1. The van der Waals surface area contributed by atoms with Gasteiger partial charge in [0, 0.05) is 12.3 Å². The number of ketones is 1. The number of carbonyl (C=O) groups excluding carboxylic acids is 1. The molecule has 3 saturated carbocycles. The van der Waals surface area contributed by atoms with Gasteiger partial charge in [0.2, 0.25) is 0 Å². The molecule has 0 aromatic heterocycles. The molecule has 29 heavy (non-hydrogen) atoms. The van der Waals surface area contributed by atoms with Crippen molar-refractivity contribution < 1.29 is 4.79 Å². The second-order valence-corrected chi connectivity index (χ2v) is 12.4. The Labute approximate surface area is 180 Å². The van der Waals surface area contributed by atoms with Gasteiger partial charge >= 0.3 is 0 Å². The number of hydrogen-bond donors (Lipinski definition) is 0. The van der Waals surface area contributed by atoms with Crippen LogP contribution in [0, 0.1) is 52.3 Å². The fourth-order valence-electron chi connectivity index (χ4n) is 8.79. The van der Waals surface area contributed by atoms with Crippen molar-refractivity contribution in [1.82, 2.24) is 0 Å². The van der Waals surface area contributed by atoms with Crippen molar-refractivity contribution >= 4 is 5.78 Å². The van der Waals surface area contributed by atoms with Crippen LogP contribution >= 0.6 is 0 Å². The van der Waals surface area contributed by atoms with Gasteiger partial charge in [0.25, 0.3) is 0 Å². The van der Waals surface area contributed by atoms with E-state index in [-0.39, 0.29) is 5.92 Å². The van der Waals surface area contributed by atoms with Crippen LogP contribution in [0.3, 0.4) is 0 Å². The fourth-order valence-corrected chi connectivity index (χ4v) is 8.79. The lowest BCUT2D eigenvalue weighted by Gasteiger charge is -2.60. The number of carbonyl (C=O) groups is 1. The van der Waals surface area contributed by atoms with Gasteiger partial charge in [-0.15, -0.1) is 0 Å². The molecular formula is C28H46O. The van der Waals surface area contributed by atoms with Gasteiger partial charge in [-0.1, -0.05) is 59.6 Å². The summed E-state index contributed by atoms with van der Waals surface area (Å²) in [6, 6.07) is 0. The van der Waals surface area contributed by atoms with Crippen LogP contribution < -0.4 is 0 Å². The lowest BCUT2D eigenvalue weighted by molar-refractivity contribution is -0.122. The molecule has 0 aliphatic heterocycles. The van der Waals surface area contributed by atoms with E-state index in [9.17, 15) is 4.79 Å². The predicted octanol–water partition coefficient (Wildman–Crippen LogP) is 7.84. The van der Waals surface area contributed by atoms with Gasteiger partial charge in [-0.05, 0) is 97.7 Å². The van der Waals surface area contributed by atoms with Gasteiger partial charge in [0.15, 0.2) is 0 Å². The normalized spacial score (nSPS) is 45.2. The lowest BCUT2D eigenvalue weighted by Crippen LogP contribution is -2.52. The molecule has 0 radical (unpaired) electrons. The van der Waals surface area contributed by atoms with E-state index >= 15 is 0 Å². The van der Waals surface area contributed by atoms with E-state index < -0.39 is 0 Å². The lowest BCUT2D eigenvalue weighted by atomic mass is 9.44. The molecule has 164 valence electrons. The fraction of sp³-hybridized carbons (Fsp3) is 0.893. The molecule has 0 aromatic rings. The van der Waals surface area contributed by atoms with Crippen LogP contribution in [0.15, 0.2) is 11.6 Å². The molecule has 8 atom stereocenters. The smallest absolute Gasteiger partial charge is 0.135 e. The third kappa shape index (κ3) is 3.47. The summed E-state index contributed by atoms with van der Waals surface area (Å²) in [6.45, 7) is 14.4. The average Bonchev–Trinajstić information content (AvgIpc) is 3.03. The minimum atomic E-state index is 0.200. The number of Topliss-reactive ketones (excluding diaryl/α,β-unsaturated/α-hetero) is 1. The van der Waals surface area contributed by atoms with Gasteiger partial charge < -0.3 is 0 Å². The number of rotatable bonds is 5. The monoisotopic (exact) mass is 398 g/mol. The zero-order chi connectivity index (χ0) is 21.0. The zero-order valence-corrected chi connectivity index (χ0v) is 20.1. The van der Waals surface area contributed by atoms with E-state index in [1.54, 1.807) is 0 Å². The maximum atomic E-state index is 12.2. The highest BCUT2D eigenvalue weighted by Gasteiger charge is 2.60. The molecule has 3 fully saturated rings. The largest absolute Gasteiger partial charge is 0.299 e. The quantitative estimate of drug-likeness (QED) is 0.431. The maximum Gasteiger partial charge on any atom is 0.135 e. The molecule has 0 heterocycles. The molecule has 4 aliphatic carbocycles. The van der Waals surface area contributed by atoms with Gasteiger partial charge in [0.05, 0.1) is 0 Å². The molecule has 0 amide bonds. The first-order chi connectivity index (χ1) is 13.7. The first-order valence-corrected chi connectivity index (χ1v) is 12.9. The molecule has 0 aromatic carbocycles. The van der Waals surface area contributed by atoms with Crippen molar-refractivity contribution in [2.45, 2.75) is 106 Å². The Kier molecular flexibility index (Phi) is 5.84. The van der Waals surface area contributed by atoms with Crippen molar-refractivity contribution in [3.8, 4) is 0 Å². The van der Waals surface area contributed by atoms with Gasteiger partial charge in [-0.25, -0.2) is 0 Å².